The number of anilines is 1. The van der Waals surface area contributed by atoms with Crippen LogP contribution < -0.4 is 15.2 Å². The third-order valence-corrected chi connectivity index (χ3v) is 5.39. The van der Waals surface area contributed by atoms with Crippen LogP contribution in [0, 0.1) is 17.5 Å². The molecular weight excluding hydrogens is 473 g/mol. The van der Waals surface area contributed by atoms with E-state index in [1.54, 1.807) is 45.0 Å². The van der Waals surface area contributed by atoms with Crippen LogP contribution in [0.2, 0.25) is 0 Å². The molecule has 3 rings (SSSR count). The van der Waals surface area contributed by atoms with E-state index in [0.29, 0.717) is 30.1 Å². The lowest BCUT2D eigenvalue weighted by molar-refractivity contribution is -0.273. The van der Waals surface area contributed by atoms with Gasteiger partial charge in [-0.05, 0) is 44.0 Å². The summed E-state index contributed by atoms with van der Waals surface area (Å²) in [6.07, 6.45) is -1.76. The standard InChI is InChI=1S/C27H27F3N2O4/c1-27(2,3)32(26(34)35)23(25(33)31-24-21(29)14-19(28)15-22(24)30)13-17-9-11-20(12-10-17)36-16-18-7-5-4-6-8-18/h4-12,14-15,23H,13,16H2,1-3H3,(H,31,33)(H,34,35)/p-1/t23-/m0/s1. The topological polar surface area (TPSA) is 81.7 Å². The summed E-state index contributed by atoms with van der Waals surface area (Å²) in [6.45, 7) is 5.02. The average molecular weight is 500 g/mol. The average Bonchev–Trinajstić information content (AvgIpc) is 2.80. The molecule has 2 amide bonds. The minimum atomic E-state index is -1.63. The number of halogens is 3. The highest BCUT2D eigenvalue weighted by atomic mass is 19.1. The number of amides is 2. The Hall–Kier alpha value is -4.01. The molecule has 3 aromatic rings. The van der Waals surface area contributed by atoms with Gasteiger partial charge < -0.3 is 24.9 Å². The molecule has 0 spiro atoms. The van der Waals surface area contributed by atoms with Gasteiger partial charge in [-0.25, -0.2) is 13.2 Å². The predicted octanol–water partition coefficient (Wildman–Crippen LogP) is 4.68. The fourth-order valence-corrected chi connectivity index (χ4v) is 3.72. The van der Waals surface area contributed by atoms with Crippen LogP contribution in [0.3, 0.4) is 0 Å². The van der Waals surface area contributed by atoms with Gasteiger partial charge in [-0.2, -0.15) is 0 Å². The summed E-state index contributed by atoms with van der Waals surface area (Å²) >= 11 is 0. The Balaban J connectivity index is 1.83. The number of carbonyl (C=O) groups excluding carboxylic acids is 2. The normalized spacial score (nSPS) is 12.1. The molecule has 0 aliphatic heterocycles. The highest BCUT2D eigenvalue weighted by molar-refractivity contribution is 5.97. The molecule has 6 nitrogen and oxygen atoms in total. The minimum absolute atomic E-state index is 0.125. The number of ether oxygens (including phenoxy) is 1. The van der Waals surface area contributed by atoms with Crippen molar-refractivity contribution in [1.82, 2.24) is 4.90 Å². The molecule has 0 saturated carbocycles. The molecule has 36 heavy (non-hydrogen) atoms. The van der Waals surface area contributed by atoms with Gasteiger partial charge >= 0.3 is 0 Å². The van der Waals surface area contributed by atoms with Crippen molar-refractivity contribution in [2.24, 2.45) is 0 Å². The van der Waals surface area contributed by atoms with Crippen molar-refractivity contribution in [3.8, 4) is 5.75 Å². The molecule has 0 aromatic heterocycles. The van der Waals surface area contributed by atoms with Gasteiger partial charge in [-0.15, -0.1) is 0 Å². The maximum absolute atomic E-state index is 14.1. The number of nitrogens with zero attached hydrogens (tertiary/aromatic N) is 1. The summed E-state index contributed by atoms with van der Waals surface area (Å²) in [6, 6.07) is 15.6. The Morgan fingerprint density at radius 3 is 2.06 bits per heavy atom. The molecule has 9 heteroatoms. The summed E-state index contributed by atoms with van der Waals surface area (Å²) in [5.41, 5.74) is -0.409. The zero-order valence-electron chi connectivity index (χ0n) is 20.1. The van der Waals surface area contributed by atoms with Crippen LogP contribution >= 0.6 is 0 Å². The van der Waals surface area contributed by atoms with Crippen LogP contribution in [-0.2, 0) is 17.8 Å². The van der Waals surface area contributed by atoms with E-state index in [1.807, 2.05) is 30.3 Å². The molecule has 0 heterocycles. The fraction of sp³-hybridized carbons (Fsp3) is 0.259. The van der Waals surface area contributed by atoms with Crippen LogP contribution in [0.5, 0.6) is 5.75 Å². The summed E-state index contributed by atoms with van der Waals surface area (Å²) in [7, 11) is 0. The number of rotatable bonds is 8. The van der Waals surface area contributed by atoms with Crippen molar-refractivity contribution >= 4 is 17.7 Å². The van der Waals surface area contributed by atoms with Gasteiger partial charge in [0.05, 0.1) is 0 Å². The van der Waals surface area contributed by atoms with E-state index in [-0.39, 0.29) is 6.42 Å². The Morgan fingerprint density at radius 1 is 0.944 bits per heavy atom. The van der Waals surface area contributed by atoms with E-state index in [9.17, 15) is 27.9 Å². The second-order valence-electron chi connectivity index (χ2n) is 9.18. The number of hydrogen-bond donors (Lipinski definition) is 1. The van der Waals surface area contributed by atoms with E-state index in [2.05, 4.69) is 5.32 Å². The van der Waals surface area contributed by atoms with Crippen molar-refractivity contribution in [2.75, 3.05) is 5.32 Å². The number of benzene rings is 3. The Labute approximate surface area is 207 Å². The lowest BCUT2D eigenvalue weighted by Gasteiger charge is -2.43. The van der Waals surface area contributed by atoms with Gasteiger partial charge in [0.25, 0.3) is 0 Å². The highest BCUT2D eigenvalue weighted by Crippen LogP contribution is 2.25. The van der Waals surface area contributed by atoms with Crippen molar-refractivity contribution in [3.63, 3.8) is 0 Å². The molecule has 1 N–H and O–H groups in total. The predicted molar refractivity (Wildman–Crippen MR) is 127 cm³/mol. The monoisotopic (exact) mass is 499 g/mol. The number of carbonyl (C=O) groups is 2. The first-order chi connectivity index (χ1) is 17.0. The molecule has 0 aliphatic carbocycles. The molecular formula is C27H26F3N2O4-. The van der Waals surface area contributed by atoms with E-state index >= 15 is 0 Å². The Morgan fingerprint density at radius 2 is 1.53 bits per heavy atom. The van der Waals surface area contributed by atoms with Crippen molar-refractivity contribution < 1.29 is 32.6 Å². The molecule has 190 valence electrons. The summed E-state index contributed by atoms with van der Waals surface area (Å²) in [4.78, 5) is 25.9. The molecule has 0 unspecified atom stereocenters. The van der Waals surface area contributed by atoms with E-state index < -0.39 is 46.7 Å². The van der Waals surface area contributed by atoms with Gasteiger partial charge in [0, 0.05) is 24.1 Å². The summed E-state index contributed by atoms with van der Waals surface area (Å²) in [5, 5.41) is 14.1. The minimum Gasteiger partial charge on any atom is -0.530 e. The third kappa shape index (κ3) is 6.78. The van der Waals surface area contributed by atoms with Crippen molar-refractivity contribution in [1.29, 1.82) is 0 Å². The molecule has 0 fully saturated rings. The quantitative estimate of drug-likeness (QED) is 0.488. The number of carboxylic acid groups (broad SMARTS) is 1. The second kappa shape index (κ2) is 11.2. The van der Waals surface area contributed by atoms with Crippen LogP contribution in [-0.4, -0.2) is 28.5 Å². The Bertz CT molecular complexity index is 1190. The second-order valence-corrected chi connectivity index (χ2v) is 9.18. The summed E-state index contributed by atoms with van der Waals surface area (Å²) < 4.78 is 47.3. The molecule has 3 aromatic carbocycles. The van der Waals surface area contributed by atoms with Gasteiger partial charge in [0.1, 0.15) is 36.0 Å². The SMILES string of the molecule is CC(C)(C)N(C(=O)[O-])[C@@H](Cc1ccc(OCc2ccccc2)cc1)C(=O)Nc1c(F)cc(F)cc1F. The van der Waals surface area contributed by atoms with Crippen LogP contribution in [0.25, 0.3) is 0 Å². The molecule has 0 bridgehead atoms. The van der Waals surface area contributed by atoms with Gasteiger partial charge in [-0.3, -0.25) is 4.79 Å². The third-order valence-electron chi connectivity index (χ3n) is 5.39. The van der Waals surface area contributed by atoms with Crippen LogP contribution in [0.1, 0.15) is 31.9 Å². The largest absolute Gasteiger partial charge is 0.530 e. The Kier molecular flexibility index (Phi) is 8.24. The maximum atomic E-state index is 14.1. The first-order valence-corrected chi connectivity index (χ1v) is 11.2. The van der Waals surface area contributed by atoms with Crippen LogP contribution in [0.15, 0.2) is 66.7 Å². The fourth-order valence-electron chi connectivity index (χ4n) is 3.72. The molecule has 0 saturated heterocycles. The lowest BCUT2D eigenvalue weighted by Crippen LogP contribution is -2.60. The van der Waals surface area contributed by atoms with Crippen molar-refractivity contribution in [3.05, 3.63) is 95.3 Å². The van der Waals surface area contributed by atoms with Crippen molar-refractivity contribution in [2.45, 2.75) is 45.4 Å². The first kappa shape index (κ1) is 26.6. The summed E-state index contributed by atoms with van der Waals surface area (Å²) in [5.74, 6) is -4.24. The van der Waals surface area contributed by atoms with Crippen LogP contribution in [0.4, 0.5) is 23.7 Å². The molecule has 0 aliphatic rings. The first-order valence-electron chi connectivity index (χ1n) is 11.2. The van der Waals surface area contributed by atoms with E-state index in [0.717, 1.165) is 10.5 Å². The number of nitrogens with one attached hydrogen (secondary N) is 1. The number of hydrogen-bond acceptors (Lipinski definition) is 4. The zero-order chi connectivity index (χ0) is 26.5. The van der Waals surface area contributed by atoms with Gasteiger partial charge in [0.2, 0.25) is 5.91 Å². The van der Waals surface area contributed by atoms with Gasteiger partial charge in [0.15, 0.2) is 11.6 Å². The van der Waals surface area contributed by atoms with E-state index in [4.69, 9.17) is 4.74 Å². The lowest BCUT2D eigenvalue weighted by atomic mass is 9.97. The van der Waals surface area contributed by atoms with Gasteiger partial charge in [-0.1, -0.05) is 42.5 Å². The van der Waals surface area contributed by atoms with E-state index in [1.165, 1.54) is 0 Å². The maximum Gasteiger partial charge on any atom is 0.247 e. The molecule has 0 radical (unpaired) electrons. The highest BCUT2D eigenvalue weighted by Gasteiger charge is 2.34. The zero-order valence-corrected chi connectivity index (χ0v) is 20.1. The smallest absolute Gasteiger partial charge is 0.247 e. The molecule has 1 atom stereocenters.